The third-order valence-electron chi connectivity index (χ3n) is 1.72. The van der Waals surface area contributed by atoms with Gasteiger partial charge in [-0.05, 0) is 18.6 Å². The summed E-state index contributed by atoms with van der Waals surface area (Å²) in [6, 6.07) is 3.25. The van der Waals surface area contributed by atoms with Gasteiger partial charge in [-0.2, -0.15) is 0 Å². The molecular formula is C11H13NO3. The van der Waals surface area contributed by atoms with Gasteiger partial charge in [0, 0.05) is 0 Å². The molecule has 0 spiro atoms. The molecule has 0 aliphatic heterocycles. The first-order valence-corrected chi connectivity index (χ1v) is 4.56. The van der Waals surface area contributed by atoms with E-state index < -0.39 is 5.97 Å². The van der Waals surface area contributed by atoms with E-state index in [1.54, 1.807) is 18.2 Å². The Morgan fingerprint density at radius 1 is 1.60 bits per heavy atom. The van der Waals surface area contributed by atoms with Crippen molar-refractivity contribution in [3.05, 3.63) is 36.7 Å². The van der Waals surface area contributed by atoms with Crippen molar-refractivity contribution < 1.29 is 14.3 Å². The zero-order chi connectivity index (χ0) is 11.1. The van der Waals surface area contributed by atoms with E-state index in [2.05, 4.69) is 16.3 Å². The van der Waals surface area contributed by atoms with Crippen molar-refractivity contribution in [2.24, 2.45) is 0 Å². The highest BCUT2D eigenvalue weighted by atomic mass is 16.5. The molecule has 80 valence electrons. The van der Waals surface area contributed by atoms with Gasteiger partial charge in [-0.3, -0.25) is 0 Å². The van der Waals surface area contributed by atoms with Gasteiger partial charge in [0.25, 0.3) is 0 Å². The van der Waals surface area contributed by atoms with E-state index in [9.17, 15) is 4.79 Å². The van der Waals surface area contributed by atoms with Crippen molar-refractivity contribution in [3.8, 4) is 5.75 Å². The molecule has 0 atom stereocenters. The molecule has 0 amide bonds. The van der Waals surface area contributed by atoms with Crippen LogP contribution in [-0.4, -0.2) is 24.7 Å². The first kappa shape index (κ1) is 11.2. The molecule has 1 aromatic rings. The van der Waals surface area contributed by atoms with Gasteiger partial charge in [-0.1, -0.05) is 6.08 Å². The standard InChI is InChI=1S/C11H13NO3/c1-3-4-7-15-9-5-6-10(12-8-9)11(13)14-2/h3,5-6,8H,1,4,7H2,2H3. The molecule has 0 radical (unpaired) electrons. The number of hydrogen-bond donors (Lipinski definition) is 0. The zero-order valence-corrected chi connectivity index (χ0v) is 8.60. The highest BCUT2D eigenvalue weighted by Crippen LogP contribution is 2.09. The van der Waals surface area contributed by atoms with E-state index in [4.69, 9.17) is 4.74 Å². The number of carbonyl (C=O) groups is 1. The number of nitrogens with zero attached hydrogens (tertiary/aromatic N) is 1. The summed E-state index contributed by atoms with van der Waals surface area (Å²) in [5, 5.41) is 0. The minimum atomic E-state index is -0.451. The first-order valence-electron chi connectivity index (χ1n) is 4.56. The molecule has 0 N–H and O–H groups in total. The van der Waals surface area contributed by atoms with Crippen LogP contribution < -0.4 is 4.74 Å². The third-order valence-corrected chi connectivity index (χ3v) is 1.72. The fourth-order valence-electron chi connectivity index (χ4n) is 0.951. The average molecular weight is 207 g/mol. The Hall–Kier alpha value is -1.84. The summed E-state index contributed by atoms with van der Waals surface area (Å²) in [4.78, 5) is 14.9. The SMILES string of the molecule is C=CCCOc1ccc(C(=O)OC)nc1. The van der Waals surface area contributed by atoms with Crippen molar-refractivity contribution in [2.45, 2.75) is 6.42 Å². The molecule has 0 bridgehead atoms. The molecule has 0 aliphatic rings. The minimum Gasteiger partial charge on any atom is -0.492 e. The van der Waals surface area contributed by atoms with E-state index in [-0.39, 0.29) is 5.69 Å². The predicted octanol–water partition coefficient (Wildman–Crippen LogP) is 1.82. The maximum atomic E-state index is 11.0. The monoisotopic (exact) mass is 207 g/mol. The van der Waals surface area contributed by atoms with Crippen LogP contribution in [0.4, 0.5) is 0 Å². The van der Waals surface area contributed by atoms with Crippen molar-refractivity contribution in [3.63, 3.8) is 0 Å². The van der Waals surface area contributed by atoms with Crippen LogP contribution in [0.1, 0.15) is 16.9 Å². The van der Waals surface area contributed by atoms with Gasteiger partial charge >= 0.3 is 5.97 Å². The second-order valence-electron chi connectivity index (χ2n) is 2.80. The van der Waals surface area contributed by atoms with E-state index in [1.807, 2.05) is 0 Å². The Morgan fingerprint density at radius 3 is 2.93 bits per heavy atom. The normalized spacial score (nSPS) is 9.40. The maximum Gasteiger partial charge on any atom is 0.356 e. The summed E-state index contributed by atoms with van der Waals surface area (Å²) in [5.41, 5.74) is 0.272. The van der Waals surface area contributed by atoms with Crippen molar-refractivity contribution in [1.82, 2.24) is 4.98 Å². The molecule has 0 saturated heterocycles. The smallest absolute Gasteiger partial charge is 0.356 e. The first-order chi connectivity index (χ1) is 7.27. The summed E-state index contributed by atoms with van der Waals surface area (Å²) < 4.78 is 9.85. The molecule has 0 aliphatic carbocycles. The van der Waals surface area contributed by atoms with E-state index in [0.29, 0.717) is 12.4 Å². The third kappa shape index (κ3) is 3.42. The molecule has 1 aromatic heterocycles. The number of aromatic nitrogens is 1. The van der Waals surface area contributed by atoms with Crippen LogP contribution in [0.25, 0.3) is 0 Å². The summed E-state index contributed by atoms with van der Waals surface area (Å²) in [6.07, 6.45) is 4.05. The Kier molecular flexibility index (Phi) is 4.34. The van der Waals surface area contributed by atoms with Crippen LogP contribution in [0, 0.1) is 0 Å². The Morgan fingerprint density at radius 2 is 2.40 bits per heavy atom. The topological polar surface area (TPSA) is 48.4 Å². The van der Waals surface area contributed by atoms with Crippen molar-refractivity contribution in [1.29, 1.82) is 0 Å². The number of rotatable bonds is 5. The Balaban J connectivity index is 2.56. The zero-order valence-electron chi connectivity index (χ0n) is 8.60. The fourth-order valence-corrected chi connectivity index (χ4v) is 0.951. The van der Waals surface area contributed by atoms with Gasteiger partial charge in [0.05, 0.1) is 19.9 Å². The van der Waals surface area contributed by atoms with Crippen LogP contribution in [0.2, 0.25) is 0 Å². The lowest BCUT2D eigenvalue weighted by Gasteiger charge is -2.04. The number of hydrogen-bond acceptors (Lipinski definition) is 4. The van der Waals surface area contributed by atoms with Crippen molar-refractivity contribution >= 4 is 5.97 Å². The number of pyridine rings is 1. The highest BCUT2D eigenvalue weighted by molar-refractivity contribution is 5.87. The minimum absolute atomic E-state index is 0.272. The second-order valence-corrected chi connectivity index (χ2v) is 2.80. The highest BCUT2D eigenvalue weighted by Gasteiger charge is 2.05. The van der Waals surface area contributed by atoms with Crippen LogP contribution in [0.3, 0.4) is 0 Å². The largest absolute Gasteiger partial charge is 0.492 e. The van der Waals surface area contributed by atoms with Crippen molar-refractivity contribution in [2.75, 3.05) is 13.7 Å². The van der Waals surface area contributed by atoms with Crippen LogP contribution in [0.5, 0.6) is 5.75 Å². The van der Waals surface area contributed by atoms with E-state index in [0.717, 1.165) is 6.42 Å². The lowest BCUT2D eigenvalue weighted by atomic mass is 10.3. The van der Waals surface area contributed by atoms with E-state index in [1.165, 1.54) is 13.3 Å². The molecule has 1 rings (SSSR count). The Bertz CT molecular complexity index is 332. The molecule has 0 aromatic carbocycles. The number of esters is 1. The summed E-state index contributed by atoms with van der Waals surface area (Å²) in [6.45, 7) is 4.14. The lowest BCUT2D eigenvalue weighted by molar-refractivity contribution is 0.0594. The van der Waals surface area contributed by atoms with Gasteiger partial charge < -0.3 is 9.47 Å². The molecule has 0 unspecified atom stereocenters. The quantitative estimate of drug-likeness (QED) is 0.420. The molecule has 15 heavy (non-hydrogen) atoms. The Labute approximate surface area is 88.5 Å². The van der Waals surface area contributed by atoms with Gasteiger partial charge in [0.1, 0.15) is 11.4 Å². The van der Waals surface area contributed by atoms with Gasteiger partial charge in [-0.25, -0.2) is 9.78 Å². The van der Waals surface area contributed by atoms with Gasteiger partial charge in [-0.15, -0.1) is 6.58 Å². The fraction of sp³-hybridized carbons (Fsp3) is 0.273. The molecule has 1 heterocycles. The van der Waals surface area contributed by atoms with E-state index >= 15 is 0 Å². The second kappa shape index (κ2) is 5.80. The van der Waals surface area contributed by atoms with Crippen LogP contribution >= 0.6 is 0 Å². The summed E-state index contributed by atoms with van der Waals surface area (Å²) in [7, 11) is 1.32. The average Bonchev–Trinajstić information content (AvgIpc) is 2.29. The predicted molar refractivity (Wildman–Crippen MR) is 55.9 cm³/mol. The number of carbonyl (C=O) groups excluding carboxylic acids is 1. The molecule has 0 saturated carbocycles. The summed E-state index contributed by atoms with van der Waals surface area (Å²) in [5.74, 6) is 0.178. The number of ether oxygens (including phenoxy) is 2. The molecule has 0 fully saturated rings. The van der Waals surface area contributed by atoms with Crippen LogP contribution in [-0.2, 0) is 4.74 Å². The lowest BCUT2D eigenvalue weighted by Crippen LogP contribution is -2.04. The molecule has 4 nitrogen and oxygen atoms in total. The van der Waals surface area contributed by atoms with Gasteiger partial charge in [0.15, 0.2) is 0 Å². The number of methoxy groups -OCH3 is 1. The maximum absolute atomic E-state index is 11.0. The molecular weight excluding hydrogens is 194 g/mol. The van der Waals surface area contributed by atoms with Gasteiger partial charge in [0.2, 0.25) is 0 Å². The molecule has 4 heteroatoms. The van der Waals surface area contributed by atoms with Crippen LogP contribution in [0.15, 0.2) is 31.0 Å². The summed E-state index contributed by atoms with van der Waals surface area (Å²) >= 11 is 0.